The monoisotopic (exact) mass is 981 g/mol. The average molecular weight is 984 g/mol. The summed E-state index contributed by atoms with van der Waals surface area (Å²) in [4.78, 5) is 26.9. The number of rotatable bonds is 6. The Labute approximate surface area is 358 Å². The zero-order chi connectivity index (χ0) is 37.7. The number of hydrogen-bond donors (Lipinski definition) is 2. The fourth-order valence-corrected chi connectivity index (χ4v) is 5.99. The standard InChI is InChI=1S/C21H14BrN3.C15H10ClN3.C6H6BBrO2.HI/c22-18-13-7-12-17(14-18)21-24-19(15-8-3-1-4-9-15)23-20(25-21)16-10-5-2-6-11-16;16-15-18-13(11-7-3-1-4-8-11)17-14(19-15)12-9-5-2-6-10-12;8-6-3-1-2-5(4-6)7(9)10;/h1-14H;1-10H;1-4,9-10H;1H/p-1. The molecule has 0 spiro atoms. The lowest BCUT2D eigenvalue weighted by molar-refractivity contribution is -0.0000133. The van der Waals surface area contributed by atoms with Crippen LogP contribution in [0.15, 0.2) is 179 Å². The topological polar surface area (TPSA) is 118 Å². The molecule has 0 saturated heterocycles. The lowest BCUT2D eigenvalue weighted by Crippen LogP contribution is -3.00. The maximum atomic E-state index is 8.68. The molecule has 8 nitrogen and oxygen atoms in total. The predicted octanol–water partition coefficient (Wildman–Crippen LogP) is 6.63. The molecule has 0 atom stereocenters. The summed E-state index contributed by atoms with van der Waals surface area (Å²) < 4.78 is 1.84. The van der Waals surface area contributed by atoms with Gasteiger partial charge in [0.25, 0.3) is 0 Å². The van der Waals surface area contributed by atoms with Crippen LogP contribution >= 0.6 is 43.5 Å². The molecule has 6 aromatic carbocycles. The molecule has 0 radical (unpaired) electrons. The van der Waals surface area contributed by atoms with Crippen molar-refractivity contribution in [3.63, 3.8) is 0 Å². The van der Waals surface area contributed by atoms with E-state index in [0.717, 1.165) is 36.8 Å². The molecule has 55 heavy (non-hydrogen) atoms. The van der Waals surface area contributed by atoms with Gasteiger partial charge in [-0.1, -0.05) is 177 Å². The van der Waals surface area contributed by atoms with E-state index in [1.54, 1.807) is 18.2 Å². The van der Waals surface area contributed by atoms with Gasteiger partial charge in [0, 0.05) is 36.8 Å². The van der Waals surface area contributed by atoms with Crippen molar-refractivity contribution in [1.82, 2.24) is 29.9 Å². The average Bonchev–Trinajstić information content (AvgIpc) is 3.22. The van der Waals surface area contributed by atoms with Crippen LogP contribution in [-0.2, 0) is 0 Å². The molecule has 0 fully saturated rings. The quantitative estimate of drug-likeness (QED) is 0.141. The maximum absolute atomic E-state index is 8.68. The molecule has 0 aliphatic carbocycles. The minimum atomic E-state index is -1.38. The second kappa shape index (κ2) is 20.8. The molecule has 0 saturated carbocycles. The SMILES string of the molecule is Brc1cccc(-c2nc(-c3ccccc3)nc(-c3ccccc3)n2)c1.Clc1nc(-c2ccccc2)nc(-c2ccccc2)n1.OB(O)c1cccc(Br)c1.[I-]. The molecule has 2 heterocycles. The van der Waals surface area contributed by atoms with Crippen LogP contribution in [0.3, 0.4) is 0 Å². The van der Waals surface area contributed by atoms with Crippen molar-refractivity contribution < 1.29 is 34.0 Å². The summed E-state index contributed by atoms with van der Waals surface area (Å²) in [5.41, 5.74) is 5.23. The summed E-state index contributed by atoms with van der Waals surface area (Å²) in [7, 11) is -1.38. The number of aromatic nitrogens is 6. The van der Waals surface area contributed by atoms with E-state index in [1.165, 1.54) is 0 Å². The second-order valence-corrected chi connectivity index (χ2v) is 13.6. The third-order valence-electron chi connectivity index (χ3n) is 7.60. The van der Waals surface area contributed by atoms with E-state index in [4.69, 9.17) is 31.6 Å². The summed E-state index contributed by atoms with van der Waals surface area (Å²) in [6.07, 6.45) is 0. The summed E-state index contributed by atoms with van der Waals surface area (Å²) in [6.45, 7) is 0. The van der Waals surface area contributed by atoms with E-state index in [-0.39, 0.29) is 29.3 Å². The Bertz CT molecular complexity index is 2310. The minimum absolute atomic E-state index is 0. The number of halogens is 4. The highest BCUT2D eigenvalue weighted by molar-refractivity contribution is 9.10. The van der Waals surface area contributed by atoms with E-state index in [0.29, 0.717) is 34.6 Å². The van der Waals surface area contributed by atoms with Crippen molar-refractivity contribution in [2.75, 3.05) is 0 Å². The largest absolute Gasteiger partial charge is 1.00 e. The molecule has 0 amide bonds. The first kappa shape index (κ1) is 41.5. The Morgan fingerprint density at radius 1 is 0.382 bits per heavy atom. The summed E-state index contributed by atoms with van der Waals surface area (Å²) >= 11 is 12.7. The van der Waals surface area contributed by atoms with E-state index < -0.39 is 7.12 Å². The number of benzene rings is 6. The third kappa shape index (κ3) is 12.1. The van der Waals surface area contributed by atoms with Crippen molar-refractivity contribution in [2.24, 2.45) is 0 Å². The highest BCUT2D eigenvalue weighted by Crippen LogP contribution is 2.26. The van der Waals surface area contributed by atoms with E-state index in [9.17, 15) is 0 Å². The molecule has 2 N–H and O–H groups in total. The van der Waals surface area contributed by atoms with Crippen LogP contribution in [0.2, 0.25) is 5.28 Å². The minimum Gasteiger partial charge on any atom is -1.00 e. The first-order chi connectivity index (χ1) is 26.3. The van der Waals surface area contributed by atoms with E-state index in [1.807, 2.05) is 152 Å². The van der Waals surface area contributed by atoms with Gasteiger partial charge >= 0.3 is 7.12 Å². The zero-order valence-electron chi connectivity index (χ0n) is 28.8. The summed E-state index contributed by atoms with van der Waals surface area (Å²) in [5, 5.41) is 17.6. The van der Waals surface area contributed by atoms with Gasteiger partial charge in [0.2, 0.25) is 5.28 Å². The molecule has 2 aromatic heterocycles. The molecule has 0 aliphatic heterocycles. The van der Waals surface area contributed by atoms with Gasteiger partial charge in [-0.15, -0.1) is 0 Å². The van der Waals surface area contributed by atoms with Gasteiger partial charge in [0.15, 0.2) is 29.1 Å². The van der Waals surface area contributed by atoms with Crippen molar-refractivity contribution in [3.05, 3.63) is 184 Å². The van der Waals surface area contributed by atoms with Crippen molar-refractivity contribution in [3.8, 4) is 56.9 Å². The van der Waals surface area contributed by atoms with Crippen LogP contribution in [-0.4, -0.2) is 47.1 Å². The molecule has 0 aliphatic rings. The molecule has 0 unspecified atom stereocenters. The fraction of sp³-hybridized carbons (Fsp3) is 0. The van der Waals surface area contributed by atoms with Crippen LogP contribution in [0.1, 0.15) is 0 Å². The lowest BCUT2D eigenvalue weighted by atomic mass is 9.81. The highest BCUT2D eigenvalue weighted by Gasteiger charge is 2.13. The summed E-state index contributed by atoms with van der Waals surface area (Å²) in [6, 6.07) is 54.2. The Kier molecular flexibility index (Phi) is 15.7. The first-order valence-corrected chi connectivity index (χ1v) is 18.6. The van der Waals surface area contributed by atoms with E-state index in [2.05, 4.69) is 51.8 Å². The molecule has 272 valence electrons. The molecule has 13 heteroatoms. The Hall–Kier alpha value is -4.70. The van der Waals surface area contributed by atoms with Crippen molar-refractivity contribution in [1.29, 1.82) is 0 Å². The number of nitrogens with zero attached hydrogens (tertiary/aromatic N) is 6. The van der Waals surface area contributed by atoms with Crippen LogP contribution in [0, 0.1) is 0 Å². The Balaban J connectivity index is 0.000000171. The molecule has 8 aromatic rings. The second-order valence-electron chi connectivity index (χ2n) is 11.5. The normalized spacial score (nSPS) is 10.1. The van der Waals surface area contributed by atoms with Gasteiger partial charge < -0.3 is 34.0 Å². The number of hydrogen-bond acceptors (Lipinski definition) is 8. The predicted molar refractivity (Wildman–Crippen MR) is 224 cm³/mol. The van der Waals surface area contributed by atoms with E-state index >= 15 is 0 Å². The van der Waals surface area contributed by atoms with Crippen molar-refractivity contribution in [2.45, 2.75) is 0 Å². The molecule has 0 bridgehead atoms. The Morgan fingerprint density at radius 3 is 1.02 bits per heavy atom. The van der Waals surface area contributed by atoms with Crippen LogP contribution in [0.4, 0.5) is 0 Å². The summed E-state index contributed by atoms with van der Waals surface area (Å²) in [5.74, 6) is 3.17. The van der Waals surface area contributed by atoms with Gasteiger partial charge in [-0.05, 0) is 41.3 Å². The van der Waals surface area contributed by atoms with Gasteiger partial charge in [-0.2, -0.15) is 9.97 Å². The maximum Gasteiger partial charge on any atom is 0.488 e. The Morgan fingerprint density at radius 2 is 0.691 bits per heavy atom. The molecular weight excluding hydrogens is 953 g/mol. The lowest BCUT2D eigenvalue weighted by Gasteiger charge is -2.08. The highest BCUT2D eigenvalue weighted by atomic mass is 127. The van der Waals surface area contributed by atoms with Crippen LogP contribution < -0.4 is 29.4 Å². The third-order valence-corrected chi connectivity index (χ3v) is 8.76. The fourth-order valence-electron chi connectivity index (χ4n) is 5.02. The van der Waals surface area contributed by atoms with Gasteiger partial charge in [0.1, 0.15) is 0 Å². The molecular formula is C42H30BBr2ClIN6O2-. The van der Waals surface area contributed by atoms with Crippen LogP contribution in [0.25, 0.3) is 56.9 Å². The van der Waals surface area contributed by atoms with Crippen LogP contribution in [0.5, 0.6) is 0 Å². The van der Waals surface area contributed by atoms with Crippen molar-refractivity contribution >= 4 is 56.0 Å². The van der Waals surface area contributed by atoms with Gasteiger partial charge in [0.05, 0.1) is 0 Å². The van der Waals surface area contributed by atoms with Gasteiger partial charge in [-0.25, -0.2) is 19.9 Å². The van der Waals surface area contributed by atoms with Gasteiger partial charge in [-0.3, -0.25) is 0 Å². The smallest absolute Gasteiger partial charge is 0.488 e. The first-order valence-electron chi connectivity index (χ1n) is 16.6. The molecule has 8 rings (SSSR count). The zero-order valence-corrected chi connectivity index (χ0v) is 34.9.